The molecule has 0 amide bonds. The van der Waals surface area contributed by atoms with Gasteiger partial charge in [0.1, 0.15) is 0 Å². The average molecular weight is 350 g/mol. The summed E-state index contributed by atoms with van der Waals surface area (Å²) in [6, 6.07) is 12.1. The number of fused-ring (bicyclic) bond motifs is 2. The van der Waals surface area contributed by atoms with E-state index in [1.165, 1.54) is 11.3 Å². The van der Waals surface area contributed by atoms with Gasteiger partial charge in [-0.2, -0.15) is 5.10 Å². The minimum Gasteiger partial charge on any atom is -0.454 e. The highest BCUT2D eigenvalue weighted by atomic mass is 32.1. The Balaban J connectivity index is 1.67. The number of rotatable bonds is 3. The van der Waals surface area contributed by atoms with Gasteiger partial charge in [0, 0.05) is 18.0 Å². The Hall–Kier alpha value is -3.06. The quantitative estimate of drug-likeness (QED) is 0.612. The Morgan fingerprint density at radius 1 is 1.16 bits per heavy atom. The molecule has 7 heteroatoms. The van der Waals surface area contributed by atoms with E-state index < -0.39 is 0 Å². The minimum absolute atomic E-state index is 0.261. The summed E-state index contributed by atoms with van der Waals surface area (Å²) in [6.45, 7) is 0.954. The number of nitrogens with two attached hydrogens (primary N) is 1. The zero-order valence-electron chi connectivity index (χ0n) is 13.2. The van der Waals surface area contributed by atoms with Crippen LogP contribution in [0.25, 0.3) is 21.3 Å². The second kappa shape index (κ2) is 5.49. The summed E-state index contributed by atoms with van der Waals surface area (Å²) in [5.41, 5.74) is 10.1. The third-order valence-electron chi connectivity index (χ3n) is 4.16. The van der Waals surface area contributed by atoms with Gasteiger partial charge in [0.05, 0.1) is 16.8 Å². The fraction of sp³-hybridized carbons (Fsp3) is 0.111. The molecule has 1 aliphatic heterocycles. The highest BCUT2D eigenvalue weighted by Gasteiger charge is 2.17. The normalized spacial score (nSPS) is 12.8. The summed E-state index contributed by atoms with van der Waals surface area (Å²) in [4.78, 5) is 4.52. The number of benzene rings is 2. The molecule has 1 aliphatic rings. The van der Waals surface area contributed by atoms with Crippen molar-refractivity contribution in [2.75, 3.05) is 12.5 Å². The topological polar surface area (TPSA) is 75.2 Å². The maximum absolute atomic E-state index is 5.96. The van der Waals surface area contributed by atoms with Crippen LogP contribution in [-0.4, -0.2) is 21.6 Å². The van der Waals surface area contributed by atoms with Crippen molar-refractivity contribution in [1.29, 1.82) is 0 Å². The van der Waals surface area contributed by atoms with E-state index in [0.717, 1.165) is 38.4 Å². The van der Waals surface area contributed by atoms with Crippen LogP contribution < -0.4 is 15.2 Å². The van der Waals surface area contributed by atoms with Crippen molar-refractivity contribution < 1.29 is 9.47 Å². The van der Waals surface area contributed by atoms with E-state index in [1.807, 2.05) is 35.1 Å². The summed E-state index contributed by atoms with van der Waals surface area (Å²) in [7, 11) is 0. The zero-order chi connectivity index (χ0) is 16.8. The van der Waals surface area contributed by atoms with Gasteiger partial charge in [0.15, 0.2) is 16.6 Å². The van der Waals surface area contributed by atoms with Crippen molar-refractivity contribution in [3.63, 3.8) is 0 Å². The lowest BCUT2D eigenvalue weighted by atomic mass is 10.0. The molecular formula is C18H14N4O2S. The van der Waals surface area contributed by atoms with E-state index in [4.69, 9.17) is 15.2 Å². The molecule has 2 N–H and O–H groups in total. The number of aromatic nitrogens is 3. The van der Waals surface area contributed by atoms with E-state index in [-0.39, 0.29) is 6.79 Å². The van der Waals surface area contributed by atoms with Crippen molar-refractivity contribution in [2.45, 2.75) is 6.54 Å². The van der Waals surface area contributed by atoms with E-state index in [1.54, 1.807) is 6.20 Å². The van der Waals surface area contributed by atoms with Gasteiger partial charge in [-0.15, -0.1) is 0 Å². The molecule has 0 saturated heterocycles. The smallest absolute Gasteiger partial charge is 0.231 e. The largest absolute Gasteiger partial charge is 0.454 e. The van der Waals surface area contributed by atoms with Gasteiger partial charge in [-0.3, -0.25) is 4.68 Å². The van der Waals surface area contributed by atoms with Crippen LogP contribution in [0.3, 0.4) is 0 Å². The molecule has 2 aromatic heterocycles. The SMILES string of the molecule is Nc1nc2c(-c3ccc4c(c3)OCO4)cc(Cn3cccn3)cc2s1. The molecule has 0 radical (unpaired) electrons. The van der Waals surface area contributed by atoms with Crippen LogP contribution in [0.15, 0.2) is 48.8 Å². The molecule has 3 heterocycles. The Labute approximate surface area is 147 Å². The minimum atomic E-state index is 0.261. The van der Waals surface area contributed by atoms with Gasteiger partial charge in [-0.1, -0.05) is 17.4 Å². The van der Waals surface area contributed by atoms with Gasteiger partial charge >= 0.3 is 0 Å². The van der Waals surface area contributed by atoms with E-state index in [9.17, 15) is 0 Å². The fourth-order valence-corrected chi connectivity index (χ4v) is 3.88. The van der Waals surface area contributed by atoms with Gasteiger partial charge in [0.2, 0.25) is 6.79 Å². The number of thiazole rings is 1. The number of ether oxygens (including phenoxy) is 2. The van der Waals surface area contributed by atoms with E-state index in [0.29, 0.717) is 11.7 Å². The molecule has 4 aromatic rings. The molecule has 0 saturated carbocycles. The van der Waals surface area contributed by atoms with Gasteiger partial charge < -0.3 is 15.2 Å². The molecule has 0 spiro atoms. The summed E-state index contributed by atoms with van der Waals surface area (Å²) in [6.07, 6.45) is 3.73. The summed E-state index contributed by atoms with van der Waals surface area (Å²) >= 11 is 1.49. The lowest BCUT2D eigenvalue weighted by molar-refractivity contribution is 0.174. The molecule has 0 bridgehead atoms. The number of anilines is 1. The van der Waals surface area contributed by atoms with Crippen LogP contribution in [0, 0.1) is 0 Å². The molecule has 0 fully saturated rings. The highest BCUT2D eigenvalue weighted by Crippen LogP contribution is 2.39. The first kappa shape index (κ1) is 14.3. The second-order valence-electron chi connectivity index (χ2n) is 5.81. The second-order valence-corrected chi connectivity index (χ2v) is 6.88. The zero-order valence-corrected chi connectivity index (χ0v) is 14.0. The van der Waals surface area contributed by atoms with Gasteiger partial charge in [0.25, 0.3) is 0 Å². The summed E-state index contributed by atoms with van der Waals surface area (Å²) in [5.74, 6) is 1.52. The Kier molecular flexibility index (Phi) is 3.14. The van der Waals surface area contributed by atoms with Crippen LogP contribution >= 0.6 is 11.3 Å². The first-order valence-corrected chi connectivity index (χ1v) is 8.64. The first-order chi connectivity index (χ1) is 12.3. The average Bonchev–Trinajstić information content (AvgIpc) is 3.33. The van der Waals surface area contributed by atoms with Gasteiger partial charge in [-0.05, 0) is 41.5 Å². The van der Waals surface area contributed by atoms with Crippen molar-refractivity contribution in [3.05, 3.63) is 54.4 Å². The van der Waals surface area contributed by atoms with E-state index >= 15 is 0 Å². The molecule has 124 valence electrons. The third kappa shape index (κ3) is 2.49. The maximum Gasteiger partial charge on any atom is 0.231 e. The van der Waals surface area contributed by atoms with Crippen LogP contribution in [0.1, 0.15) is 5.56 Å². The van der Waals surface area contributed by atoms with Crippen LogP contribution in [0.5, 0.6) is 11.5 Å². The summed E-state index contributed by atoms with van der Waals surface area (Å²) < 4.78 is 13.9. The highest BCUT2D eigenvalue weighted by molar-refractivity contribution is 7.22. The van der Waals surface area contributed by atoms with Crippen molar-refractivity contribution in [2.24, 2.45) is 0 Å². The Bertz CT molecular complexity index is 1070. The predicted octanol–water partition coefficient (Wildman–Crippen LogP) is 3.52. The van der Waals surface area contributed by atoms with Crippen LogP contribution in [-0.2, 0) is 6.54 Å². The number of nitrogen functional groups attached to an aromatic ring is 1. The molecular weight excluding hydrogens is 336 g/mol. The van der Waals surface area contributed by atoms with Crippen LogP contribution in [0.4, 0.5) is 5.13 Å². The van der Waals surface area contributed by atoms with Crippen molar-refractivity contribution >= 4 is 26.7 Å². The van der Waals surface area contributed by atoms with Crippen LogP contribution in [0.2, 0.25) is 0 Å². The molecule has 5 rings (SSSR count). The Morgan fingerprint density at radius 2 is 2.08 bits per heavy atom. The first-order valence-electron chi connectivity index (χ1n) is 7.83. The Morgan fingerprint density at radius 3 is 2.96 bits per heavy atom. The number of hydrogen-bond donors (Lipinski definition) is 1. The monoisotopic (exact) mass is 350 g/mol. The molecule has 6 nitrogen and oxygen atoms in total. The molecule has 0 unspecified atom stereocenters. The van der Waals surface area contributed by atoms with Crippen molar-refractivity contribution in [1.82, 2.24) is 14.8 Å². The summed E-state index contributed by atoms with van der Waals surface area (Å²) in [5, 5.41) is 4.85. The standard InChI is InChI=1S/C18H14N4O2S/c19-18-21-17-13(12-2-3-14-15(8-12)24-10-23-14)6-11(7-16(17)25-18)9-22-5-1-4-20-22/h1-8H,9-10H2,(H2,19,21). The maximum atomic E-state index is 5.96. The third-order valence-corrected chi connectivity index (χ3v) is 4.99. The molecule has 0 aliphatic carbocycles. The number of nitrogens with zero attached hydrogens (tertiary/aromatic N) is 3. The lowest BCUT2D eigenvalue weighted by Crippen LogP contribution is -2.00. The fourth-order valence-electron chi connectivity index (χ4n) is 3.06. The lowest BCUT2D eigenvalue weighted by Gasteiger charge is -2.08. The predicted molar refractivity (Wildman–Crippen MR) is 96.9 cm³/mol. The van der Waals surface area contributed by atoms with E-state index in [2.05, 4.69) is 22.2 Å². The van der Waals surface area contributed by atoms with Gasteiger partial charge in [-0.25, -0.2) is 4.98 Å². The molecule has 2 aromatic carbocycles. The number of hydrogen-bond acceptors (Lipinski definition) is 6. The molecule has 0 atom stereocenters. The molecule has 25 heavy (non-hydrogen) atoms. The van der Waals surface area contributed by atoms with Crippen molar-refractivity contribution in [3.8, 4) is 22.6 Å².